The van der Waals surface area contributed by atoms with Crippen LogP contribution in [0.5, 0.6) is 23.0 Å². The number of hydrogen-bond acceptors (Lipinski definition) is 11. The topological polar surface area (TPSA) is 168 Å². The summed E-state index contributed by atoms with van der Waals surface area (Å²) in [4.78, 5) is 0. The third-order valence-electron chi connectivity index (χ3n) is 6.84. The second kappa shape index (κ2) is 11.8. The summed E-state index contributed by atoms with van der Waals surface area (Å²) < 4.78 is 27.9. The van der Waals surface area contributed by atoms with E-state index in [1.165, 1.54) is 20.3 Å². The van der Waals surface area contributed by atoms with Crippen molar-refractivity contribution in [3.63, 3.8) is 0 Å². The fraction of sp³-hybridized carbons (Fsp3) is 0.538. The highest BCUT2D eigenvalue weighted by molar-refractivity contribution is 5.56. The van der Waals surface area contributed by atoms with E-state index in [2.05, 4.69) is 0 Å². The van der Waals surface area contributed by atoms with Crippen LogP contribution in [0.3, 0.4) is 0 Å². The number of fused-ring (bicyclic) bond motifs is 1. The number of phenols is 1. The van der Waals surface area contributed by atoms with Crippen LogP contribution in [-0.4, -0.2) is 95.4 Å². The Bertz CT molecular complexity index is 1060. The van der Waals surface area contributed by atoms with Crippen LogP contribution in [-0.2, 0) is 15.9 Å². The van der Waals surface area contributed by atoms with E-state index in [1.54, 1.807) is 12.1 Å². The summed E-state index contributed by atoms with van der Waals surface area (Å²) in [6.45, 7) is -0.516. The first-order chi connectivity index (χ1) is 17.8. The molecule has 7 atom stereocenters. The van der Waals surface area contributed by atoms with Crippen LogP contribution in [0.4, 0.5) is 0 Å². The zero-order valence-corrected chi connectivity index (χ0v) is 20.7. The van der Waals surface area contributed by atoms with Gasteiger partial charge in [-0.1, -0.05) is 12.1 Å². The SMILES string of the molecule is COc1cc([C@H]2Oc3c(OC)cc(CCCO[C@H]4O[C@H](CO)[C@@H](O)[C@H](O)[C@H]4O)cc3[C@@H]2CO)ccc1O. The molecule has 1 fully saturated rings. The van der Waals surface area contributed by atoms with E-state index in [-0.39, 0.29) is 24.9 Å². The summed E-state index contributed by atoms with van der Waals surface area (Å²) in [5, 5.41) is 59.4. The molecule has 4 rings (SSSR count). The Morgan fingerprint density at radius 2 is 1.65 bits per heavy atom. The van der Waals surface area contributed by atoms with Crippen LogP contribution in [0.1, 0.15) is 35.1 Å². The Morgan fingerprint density at radius 1 is 0.892 bits per heavy atom. The van der Waals surface area contributed by atoms with Crippen LogP contribution in [0, 0.1) is 0 Å². The standard InChI is InChI=1S/C26H34O11/c1-33-18-10-14(5-6-17(18)29)24-16(11-27)15-8-13(9-19(34-2)25(15)37-24)4-3-7-35-26-23(32)22(31)21(30)20(12-28)36-26/h5-6,8-10,16,20-24,26-32H,3-4,7,11-12H2,1-2H3/t16-,20+,21+,22-,23+,24+,26-/m0/s1. The number of aliphatic hydroxyl groups excluding tert-OH is 5. The number of rotatable bonds is 10. The van der Waals surface area contributed by atoms with E-state index in [9.17, 15) is 30.6 Å². The molecule has 37 heavy (non-hydrogen) atoms. The van der Waals surface area contributed by atoms with Crippen molar-refractivity contribution in [2.24, 2.45) is 0 Å². The van der Waals surface area contributed by atoms with Crippen LogP contribution >= 0.6 is 0 Å². The van der Waals surface area contributed by atoms with E-state index < -0.39 is 43.4 Å². The smallest absolute Gasteiger partial charge is 0.186 e. The molecule has 0 aliphatic carbocycles. The van der Waals surface area contributed by atoms with E-state index in [0.29, 0.717) is 30.1 Å². The normalized spacial score (nSPS) is 29.0. The molecule has 1 saturated heterocycles. The highest BCUT2D eigenvalue weighted by atomic mass is 16.7. The van der Waals surface area contributed by atoms with E-state index in [0.717, 1.165) is 16.7 Å². The lowest BCUT2D eigenvalue weighted by Crippen LogP contribution is -2.59. The molecular weight excluding hydrogens is 488 g/mol. The number of ether oxygens (including phenoxy) is 5. The molecular formula is C26H34O11. The average molecular weight is 523 g/mol. The van der Waals surface area contributed by atoms with Crippen molar-refractivity contribution >= 4 is 0 Å². The third-order valence-corrected chi connectivity index (χ3v) is 6.84. The molecule has 204 valence electrons. The Hall–Kier alpha value is -2.64. The Labute approximate surface area is 214 Å². The van der Waals surface area contributed by atoms with Gasteiger partial charge in [0.05, 0.1) is 40.0 Å². The molecule has 0 bridgehead atoms. The van der Waals surface area contributed by atoms with Gasteiger partial charge < -0.3 is 54.3 Å². The second-order valence-corrected chi connectivity index (χ2v) is 9.15. The van der Waals surface area contributed by atoms with Crippen molar-refractivity contribution in [3.8, 4) is 23.0 Å². The lowest BCUT2D eigenvalue weighted by atomic mass is 9.90. The number of hydrogen-bond donors (Lipinski definition) is 6. The zero-order valence-electron chi connectivity index (χ0n) is 20.7. The summed E-state index contributed by atoms with van der Waals surface area (Å²) in [6.07, 6.45) is -6.00. The minimum Gasteiger partial charge on any atom is -0.504 e. The van der Waals surface area contributed by atoms with Crippen LogP contribution in [0.15, 0.2) is 30.3 Å². The summed E-state index contributed by atoms with van der Waals surface area (Å²) in [6, 6.07) is 8.72. The van der Waals surface area contributed by atoms with Crippen molar-refractivity contribution in [1.29, 1.82) is 0 Å². The van der Waals surface area contributed by atoms with Gasteiger partial charge in [0.2, 0.25) is 0 Å². The van der Waals surface area contributed by atoms with Gasteiger partial charge in [-0.3, -0.25) is 0 Å². The molecule has 2 aromatic carbocycles. The van der Waals surface area contributed by atoms with Gasteiger partial charge in [-0.25, -0.2) is 0 Å². The molecule has 0 aromatic heterocycles. The molecule has 0 spiro atoms. The summed E-state index contributed by atoms with van der Waals surface area (Å²) in [7, 11) is 3.00. The molecule has 6 N–H and O–H groups in total. The quantitative estimate of drug-likeness (QED) is 0.239. The number of aryl methyl sites for hydroxylation is 1. The van der Waals surface area contributed by atoms with Gasteiger partial charge in [-0.15, -0.1) is 0 Å². The second-order valence-electron chi connectivity index (χ2n) is 9.15. The van der Waals surface area contributed by atoms with Crippen LogP contribution < -0.4 is 14.2 Å². The van der Waals surface area contributed by atoms with Gasteiger partial charge in [0.25, 0.3) is 0 Å². The maximum Gasteiger partial charge on any atom is 0.186 e. The first kappa shape index (κ1) is 27.4. The van der Waals surface area contributed by atoms with Crippen molar-refractivity contribution in [3.05, 3.63) is 47.0 Å². The number of aliphatic hydroxyl groups is 5. The van der Waals surface area contributed by atoms with Gasteiger partial charge in [-0.05, 0) is 42.2 Å². The Balaban J connectivity index is 1.44. The lowest BCUT2D eigenvalue weighted by Gasteiger charge is -2.39. The molecule has 11 nitrogen and oxygen atoms in total. The number of aromatic hydroxyl groups is 1. The predicted octanol–water partition coefficient (Wildman–Crippen LogP) is 0.368. The van der Waals surface area contributed by atoms with Crippen molar-refractivity contribution in [1.82, 2.24) is 0 Å². The average Bonchev–Trinajstić information content (AvgIpc) is 3.29. The fourth-order valence-corrected chi connectivity index (χ4v) is 4.80. The highest BCUT2D eigenvalue weighted by Crippen LogP contribution is 2.51. The molecule has 2 aromatic rings. The Morgan fingerprint density at radius 3 is 2.32 bits per heavy atom. The first-order valence-electron chi connectivity index (χ1n) is 12.1. The maximum absolute atomic E-state index is 10.2. The fourth-order valence-electron chi connectivity index (χ4n) is 4.80. The molecule has 0 unspecified atom stereocenters. The third kappa shape index (κ3) is 5.48. The lowest BCUT2D eigenvalue weighted by molar-refractivity contribution is -0.301. The summed E-state index contributed by atoms with van der Waals surface area (Å²) in [5.74, 6) is 1.01. The highest BCUT2D eigenvalue weighted by Gasteiger charge is 2.44. The molecule has 0 radical (unpaired) electrons. The van der Waals surface area contributed by atoms with Gasteiger partial charge in [0, 0.05) is 5.56 Å². The van der Waals surface area contributed by atoms with Crippen LogP contribution in [0.2, 0.25) is 0 Å². The van der Waals surface area contributed by atoms with E-state index in [1.807, 2.05) is 12.1 Å². The predicted molar refractivity (Wildman–Crippen MR) is 129 cm³/mol. The monoisotopic (exact) mass is 522 g/mol. The largest absolute Gasteiger partial charge is 0.504 e. The number of methoxy groups -OCH3 is 2. The van der Waals surface area contributed by atoms with E-state index in [4.69, 9.17) is 23.7 Å². The van der Waals surface area contributed by atoms with Crippen molar-refractivity contribution in [2.75, 3.05) is 34.0 Å². The number of benzene rings is 2. The molecule has 2 aliphatic heterocycles. The minimum atomic E-state index is -1.49. The maximum atomic E-state index is 10.2. The summed E-state index contributed by atoms with van der Waals surface area (Å²) in [5.41, 5.74) is 2.45. The van der Waals surface area contributed by atoms with Crippen LogP contribution in [0.25, 0.3) is 0 Å². The van der Waals surface area contributed by atoms with Gasteiger partial charge in [0.1, 0.15) is 30.5 Å². The molecule has 0 saturated carbocycles. The molecule has 2 heterocycles. The molecule has 11 heteroatoms. The summed E-state index contributed by atoms with van der Waals surface area (Å²) >= 11 is 0. The van der Waals surface area contributed by atoms with Gasteiger partial charge in [-0.2, -0.15) is 0 Å². The van der Waals surface area contributed by atoms with E-state index >= 15 is 0 Å². The van der Waals surface area contributed by atoms with Crippen molar-refractivity contribution < 1.29 is 54.3 Å². The zero-order chi connectivity index (χ0) is 26.7. The first-order valence-corrected chi connectivity index (χ1v) is 12.1. The number of phenolic OH excluding ortho intramolecular Hbond substituents is 1. The Kier molecular flexibility index (Phi) is 8.75. The van der Waals surface area contributed by atoms with Crippen molar-refractivity contribution in [2.45, 2.75) is 55.6 Å². The van der Waals surface area contributed by atoms with Gasteiger partial charge in [0.15, 0.2) is 29.3 Å². The molecule has 2 aliphatic rings. The molecule has 0 amide bonds. The minimum absolute atomic E-state index is 0.00751. The van der Waals surface area contributed by atoms with Gasteiger partial charge >= 0.3 is 0 Å².